The number of methoxy groups -OCH3 is 2. The van der Waals surface area contributed by atoms with E-state index in [0.29, 0.717) is 0 Å². The molecule has 0 unspecified atom stereocenters. The molecule has 0 amide bonds. The lowest BCUT2D eigenvalue weighted by atomic mass is 10.2. The van der Waals surface area contributed by atoms with E-state index in [1.807, 2.05) is 18.2 Å². The first-order valence-corrected chi connectivity index (χ1v) is 6.36. The van der Waals surface area contributed by atoms with E-state index in [4.69, 9.17) is 9.47 Å². The summed E-state index contributed by atoms with van der Waals surface area (Å²) in [7, 11) is 3.33. The quantitative estimate of drug-likeness (QED) is 0.893. The van der Waals surface area contributed by atoms with Crippen LogP contribution >= 0.6 is 0 Å². The Morgan fingerprint density at radius 3 is 2.78 bits per heavy atom. The van der Waals surface area contributed by atoms with Crippen molar-refractivity contribution in [3.05, 3.63) is 18.2 Å². The van der Waals surface area contributed by atoms with E-state index in [2.05, 4.69) is 10.3 Å². The molecule has 1 aliphatic heterocycles. The molecule has 4 nitrogen and oxygen atoms in total. The number of nitrogens with one attached hydrogen (secondary N) is 1. The summed E-state index contributed by atoms with van der Waals surface area (Å²) in [5.41, 5.74) is 0.914. The first-order chi connectivity index (χ1) is 8.83. The Labute approximate surface area is 108 Å². The lowest BCUT2D eigenvalue weighted by Crippen LogP contribution is -2.12. The van der Waals surface area contributed by atoms with Crippen molar-refractivity contribution in [2.24, 2.45) is 4.99 Å². The van der Waals surface area contributed by atoms with Crippen LogP contribution < -0.4 is 14.8 Å². The fourth-order valence-electron chi connectivity index (χ4n) is 2.04. The molecule has 98 valence electrons. The molecule has 0 atom stereocenters. The first-order valence-electron chi connectivity index (χ1n) is 6.36. The molecule has 2 rings (SSSR count). The van der Waals surface area contributed by atoms with Crippen molar-refractivity contribution in [2.45, 2.75) is 25.7 Å². The minimum Gasteiger partial charge on any atom is -0.497 e. The van der Waals surface area contributed by atoms with Crippen LogP contribution in [0.2, 0.25) is 0 Å². The Bertz CT molecular complexity index is 430. The van der Waals surface area contributed by atoms with Gasteiger partial charge in [-0.3, -0.25) is 4.99 Å². The Kier molecular flexibility index (Phi) is 4.45. The summed E-state index contributed by atoms with van der Waals surface area (Å²) in [6.07, 6.45) is 4.63. The first kappa shape index (κ1) is 12.7. The Morgan fingerprint density at radius 1 is 1.11 bits per heavy atom. The maximum absolute atomic E-state index is 5.34. The smallest absolute Gasteiger partial charge is 0.142 e. The number of rotatable bonds is 3. The highest BCUT2D eigenvalue weighted by Gasteiger charge is 2.09. The summed E-state index contributed by atoms with van der Waals surface area (Å²) in [5, 5.41) is 3.36. The number of ether oxygens (including phenoxy) is 2. The fourth-order valence-corrected chi connectivity index (χ4v) is 2.04. The third-order valence-corrected chi connectivity index (χ3v) is 3.06. The highest BCUT2D eigenvalue weighted by Crippen LogP contribution is 2.29. The minimum absolute atomic E-state index is 0.808. The standard InChI is InChI=1S/C14H20N2O2/c1-17-11-7-8-13(18-2)12(10-11)16-14-6-4-3-5-9-15-14/h7-8,10H,3-6,9H2,1-2H3,(H,15,16). The molecule has 1 heterocycles. The maximum atomic E-state index is 5.34. The average Bonchev–Trinajstić information content (AvgIpc) is 2.67. The maximum Gasteiger partial charge on any atom is 0.142 e. The second-order valence-electron chi connectivity index (χ2n) is 4.33. The zero-order chi connectivity index (χ0) is 12.8. The second kappa shape index (κ2) is 6.28. The van der Waals surface area contributed by atoms with Gasteiger partial charge < -0.3 is 14.8 Å². The van der Waals surface area contributed by atoms with Crippen molar-refractivity contribution in [1.82, 2.24) is 0 Å². The van der Waals surface area contributed by atoms with E-state index < -0.39 is 0 Å². The molecular weight excluding hydrogens is 228 g/mol. The molecule has 1 N–H and O–H groups in total. The highest BCUT2D eigenvalue weighted by atomic mass is 16.5. The number of hydrogen-bond acceptors (Lipinski definition) is 4. The summed E-state index contributed by atoms with van der Waals surface area (Å²) < 4.78 is 10.6. The number of amidine groups is 1. The van der Waals surface area contributed by atoms with Crippen LogP contribution in [0.3, 0.4) is 0 Å². The van der Waals surface area contributed by atoms with Gasteiger partial charge in [-0.25, -0.2) is 0 Å². The fraction of sp³-hybridized carbons (Fsp3) is 0.500. The Hall–Kier alpha value is -1.71. The molecule has 0 radical (unpaired) electrons. The number of anilines is 1. The van der Waals surface area contributed by atoms with E-state index in [1.54, 1.807) is 14.2 Å². The number of hydrogen-bond donors (Lipinski definition) is 1. The van der Waals surface area contributed by atoms with Gasteiger partial charge in [-0.2, -0.15) is 0 Å². The largest absolute Gasteiger partial charge is 0.497 e. The van der Waals surface area contributed by atoms with Gasteiger partial charge in [0.05, 0.1) is 19.9 Å². The molecule has 0 saturated heterocycles. The van der Waals surface area contributed by atoms with Crippen molar-refractivity contribution in [3.8, 4) is 11.5 Å². The van der Waals surface area contributed by atoms with Crippen molar-refractivity contribution in [2.75, 3.05) is 26.1 Å². The van der Waals surface area contributed by atoms with Crippen LogP contribution in [0.25, 0.3) is 0 Å². The molecular formula is C14H20N2O2. The van der Waals surface area contributed by atoms with Crippen molar-refractivity contribution in [1.29, 1.82) is 0 Å². The van der Waals surface area contributed by atoms with Crippen LogP contribution in [0, 0.1) is 0 Å². The number of nitrogens with zero attached hydrogens (tertiary/aromatic N) is 1. The van der Waals surface area contributed by atoms with Crippen LogP contribution in [-0.4, -0.2) is 26.6 Å². The molecule has 0 fully saturated rings. The third kappa shape index (κ3) is 3.15. The lowest BCUT2D eigenvalue weighted by Gasteiger charge is -2.13. The van der Waals surface area contributed by atoms with Gasteiger partial charge in [0.2, 0.25) is 0 Å². The van der Waals surface area contributed by atoms with Crippen LogP contribution in [0.1, 0.15) is 25.7 Å². The van der Waals surface area contributed by atoms with Crippen LogP contribution in [0.5, 0.6) is 11.5 Å². The Balaban J connectivity index is 2.17. The molecule has 0 bridgehead atoms. The molecule has 1 aromatic carbocycles. The minimum atomic E-state index is 0.808. The molecule has 1 aliphatic rings. The Morgan fingerprint density at radius 2 is 2.00 bits per heavy atom. The molecule has 18 heavy (non-hydrogen) atoms. The monoisotopic (exact) mass is 248 g/mol. The molecule has 1 aromatic rings. The van der Waals surface area contributed by atoms with Crippen molar-refractivity contribution >= 4 is 11.5 Å². The van der Waals surface area contributed by atoms with Gasteiger partial charge in [-0.1, -0.05) is 6.42 Å². The van der Waals surface area contributed by atoms with Crippen molar-refractivity contribution in [3.63, 3.8) is 0 Å². The van der Waals surface area contributed by atoms with Gasteiger partial charge in [0.15, 0.2) is 0 Å². The van der Waals surface area contributed by atoms with Gasteiger partial charge in [0.1, 0.15) is 17.3 Å². The zero-order valence-corrected chi connectivity index (χ0v) is 11.0. The second-order valence-corrected chi connectivity index (χ2v) is 4.33. The predicted octanol–water partition coefficient (Wildman–Crippen LogP) is 3.09. The van der Waals surface area contributed by atoms with E-state index >= 15 is 0 Å². The molecule has 0 aliphatic carbocycles. The average molecular weight is 248 g/mol. The van der Waals surface area contributed by atoms with Crippen LogP contribution in [-0.2, 0) is 0 Å². The van der Waals surface area contributed by atoms with Gasteiger partial charge >= 0.3 is 0 Å². The van der Waals surface area contributed by atoms with E-state index in [9.17, 15) is 0 Å². The molecule has 0 saturated carbocycles. The summed E-state index contributed by atoms with van der Waals surface area (Å²) in [5.74, 6) is 2.66. The van der Waals surface area contributed by atoms with Crippen LogP contribution in [0.4, 0.5) is 5.69 Å². The molecule has 0 aromatic heterocycles. The summed E-state index contributed by atoms with van der Waals surface area (Å²) in [4.78, 5) is 4.56. The SMILES string of the molecule is COc1ccc(OC)c(NC2=NCCCCC2)c1. The highest BCUT2D eigenvalue weighted by molar-refractivity contribution is 5.97. The summed E-state index contributed by atoms with van der Waals surface area (Å²) in [6.45, 7) is 0.911. The topological polar surface area (TPSA) is 42.9 Å². The van der Waals surface area contributed by atoms with Gasteiger partial charge in [-0.15, -0.1) is 0 Å². The molecule has 4 heteroatoms. The van der Waals surface area contributed by atoms with E-state index in [-0.39, 0.29) is 0 Å². The number of benzene rings is 1. The van der Waals surface area contributed by atoms with Gasteiger partial charge in [-0.05, 0) is 25.0 Å². The molecule has 0 spiro atoms. The van der Waals surface area contributed by atoms with E-state index in [0.717, 1.165) is 36.0 Å². The summed E-state index contributed by atoms with van der Waals surface area (Å²) in [6, 6.07) is 5.73. The van der Waals surface area contributed by atoms with E-state index in [1.165, 1.54) is 19.3 Å². The van der Waals surface area contributed by atoms with Crippen LogP contribution in [0.15, 0.2) is 23.2 Å². The normalized spacial score (nSPS) is 15.6. The van der Waals surface area contributed by atoms with Gasteiger partial charge in [0.25, 0.3) is 0 Å². The van der Waals surface area contributed by atoms with Gasteiger partial charge in [0, 0.05) is 19.0 Å². The number of aliphatic imine (C=N–C) groups is 1. The lowest BCUT2D eigenvalue weighted by molar-refractivity contribution is 0.405. The summed E-state index contributed by atoms with van der Waals surface area (Å²) >= 11 is 0. The van der Waals surface area contributed by atoms with Crippen molar-refractivity contribution < 1.29 is 9.47 Å². The third-order valence-electron chi connectivity index (χ3n) is 3.06. The zero-order valence-electron chi connectivity index (χ0n) is 11.0. The predicted molar refractivity (Wildman–Crippen MR) is 73.9 cm³/mol.